The maximum absolute atomic E-state index is 13.2. The normalized spacial score (nSPS) is 15.9. The summed E-state index contributed by atoms with van der Waals surface area (Å²) in [5.41, 5.74) is 5.94. The van der Waals surface area contributed by atoms with Gasteiger partial charge in [0.2, 0.25) is 11.9 Å². The van der Waals surface area contributed by atoms with E-state index in [2.05, 4.69) is 81.1 Å². The summed E-state index contributed by atoms with van der Waals surface area (Å²) in [5.74, 6) is 1.47. The van der Waals surface area contributed by atoms with Crippen molar-refractivity contribution in [1.29, 1.82) is 0 Å². The first-order valence-corrected chi connectivity index (χ1v) is 14.2. The van der Waals surface area contributed by atoms with Gasteiger partial charge in [0.25, 0.3) is 0 Å². The molecule has 0 atom stereocenters. The van der Waals surface area contributed by atoms with E-state index in [1.54, 1.807) is 11.9 Å². The second kappa shape index (κ2) is 11.1. The highest BCUT2D eigenvalue weighted by atomic mass is 32.2. The minimum atomic E-state index is -0.367. The number of carbonyl (C=O) groups is 1. The van der Waals surface area contributed by atoms with Crippen LogP contribution in [-0.2, 0) is 16.8 Å². The Morgan fingerprint density at radius 3 is 2.69 bits per heavy atom. The molecule has 2 aliphatic rings. The second-order valence-electron chi connectivity index (χ2n) is 10.2. The van der Waals surface area contributed by atoms with Crippen LogP contribution in [0.3, 0.4) is 0 Å². The highest BCUT2D eigenvalue weighted by Crippen LogP contribution is 2.49. The number of hydrogen-bond acceptors (Lipinski definition) is 7. The van der Waals surface area contributed by atoms with Gasteiger partial charge in [0.05, 0.1) is 5.41 Å². The Morgan fingerprint density at radius 2 is 1.87 bits per heavy atom. The van der Waals surface area contributed by atoms with Crippen LogP contribution in [0.2, 0.25) is 0 Å². The van der Waals surface area contributed by atoms with Crippen LogP contribution in [0.1, 0.15) is 36.0 Å². The number of aromatic nitrogens is 2. The van der Waals surface area contributed by atoms with Gasteiger partial charge in [0.1, 0.15) is 5.82 Å². The number of carbonyl (C=O) groups excluding carboxylic acids is 1. The van der Waals surface area contributed by atoms with E-state index in [-0.39, 0.29) is 11.3 Å². The van der Waals surface area contributed by atoms with Crippen LogP contribution in [0.15, 0.2) is 83.9 Å². The van der Waals surface area contributed by atoms with Gasteiger partial charge in [0, 0.05) is 42.0 Å². The van der Waals surface area contributed by atoms with Gasteiger partial charge in [-0.2, -0.15) is 4.98 Å². The average molecular weight is 537 g/mol. The summed E-state index contributed by atoms with van der Waals surface area (Å²) in [4.78, 5) is 23.7. The maximum Gasteiger partial charge on any atom is 0.230 e. The molecule has 3 aromatic carbocycles. The Kier molecular flexibility index (Phi) is 7.22. The molecule has 0 radical (unpaired) electrons. The third kappa shape index (κ3) is 5.62. The van der Waals surface area contributed by atoms with E-state index >= 15 is 0 Å². The van der Waals surface area contributed by atoms with Gasteiger partial charge in [-0.05, 0) is 78.6 Å². The number of nitrogens with one attached hydrogen (secondary N) is 4. The zero-order valence-corrected chi connectivity index (χ0v) is 22.8. The molecule has 4 N–H and O–H groups in total. The Bertz CT molecular complexity index is 1480. The third-order valence-corrected chi connectivity index (χ3v) is 8.22. The zero-order chi connectivity index (χ0) is 26.7. The predicted octanol–water partition coefficient (Wildman–Crippen LogP) is 5.96. The molecule has 1 aliphatic heterocycles. The molecule has 1 amide bonds. The van der Waals surface area contributed by atoms with Crippen LogP contribution >= 0.6 is 11.9 Å². The molecule has 1 saturated carbocycles. The Morgan fingerprint density at radius 1 is 1.03 bits per heavy atom. The van der Waals surface area contributed by atoms with Crippen LogP contribution in [0, 0.1) is 6.92 Å². The van der Waals surface area contributed by atoms with E-state index in [9.17, 15) is 4.79 Å². The summed E-state index contributed by atoms with van der Waals surface area (Å²) in [6, 6.07) is 24.7. The van der Waals surface area contributed by atoms with Crippen molar-refractivity contribution in [3.63, 3.8) is 0 Å². The van der Waals surface area contributed by atoms with Gasteiger partial charge < -0.3 is 16.0 Å². The molecule has 1 aliphatic carbocycles. The first kappa shape index (κ1) is 25.4. The van der Waals surface area contributed by atoms with E-state index in [0.29, 0.717) is 12.5 Å². The minimum Gasteiger partial charge on any atom is -0.369 e. The van der Waals surface area contributed by atoms with Crippen LogP contribution in [0.4, 0.5) is 17.5 Å². The van der Waals surface area contributed by atoms with Crippen molar-refractivity contribution >= 4 is 35.3 Å². The fourth-order valence-electron chi connectivity index (χ4n) is 5.06. The van der Waals surface area contributed by atoms with Gasteiger partial charge in [-0.25, -0.2) is 4.98 Å². The standard InChI is InChI=1S/C31H32N6OS/c1-21-6-2-3-9-27(21)31(14-15-31)29(38)33-19-22-10-12-23(13-11-22)26-20-34-30-36-24-7-4-8-25(18-24)39-35-17-5-16-32-28(26)37-30/h2-4,6-13,18,20,35H,5,14-17,19H2,1H3,(H,33,38)(H2,32,34,36,37). The van der Waals surface area contributed by atoms with Crippen molar-refractivity contribution in [3.05, 3.63) is 95.7 Å². The fourth-order valence-corrected chi connectivity index (χ4v) is 5.81. The number of rotatable bonds is 5. The average Bonchev–Trinajstić information content (AvgIpc) is 3.76. The fraction of sp³-hybridized carbons (Fsp3) is 0.258. The number of nitrogens with zero attached hydrogens (tertiary/aromatic N) is 2. The topological polar surface area (TPSA) is 91.0 Å². The minimum absolute atomic E-state index is 0.117. The van der Waals surface area contributed by atoms with E-state index < -0.39 is 0 Å². The smallest absolute Gasteiger partial charge is 0.230 e. The molecule has 198 valence electrons. The molecule has 0 spiro atoms. The predicted molar refractivity (Wildman–Crippen MR) is 158 cm³/mol. The molecule has 4 aromatic rings. The van der Waals surface area contributed by atoms with Crippen molar-refractivity contribution in [1.82, 2.24) is 20.0 Å². The van der Waals surface area contributed by atoms with Crippen molar-refractivity contribution in [3.8, 4) is 11.1 Å². The SMILES string of the molecule is Cc1ccccc1C1(C(=O)NCc2ccc(-c3cnc4nc3NCCCNSc3cccc(c3)N4)cc2)CC1. The lowest BCUT2D eigenvalue weighted by atomic mass is 9.91. The van der Waals surface area contributed by atoms with Gasteiger partial charge in [-0.15, -0.1) is 0 Å². The van der Waals surface area contributed by atoms with Crippen molar-refractivity contribution < 1.29 is 4.79 Å². The monoisotopic (exact) mass is 536 g/mol. The Hall–Kier alpha value is -3.88. The van der Waals surface area contributed by atoms with Gasteiger partial charge in [0.15, 0.2) is 0 Å². The number of aryl methyl sites for hydroxylation is 1. The first-order valence-electron chi connectivity index (χ1n) is 13.4. The second-order valence-corrected chi connectivity index (χ2v) is 11.1. The molecule has 4 bridgehead atoms. The first-order chi connectivity index (χ1) is 19.1. The third-order valence-electron chi connectivity index (χ3n) is 7.38. The lowest BCUT2D eigenvalue weighted by Crippen LogP contribution is -2.34. The molecule has 6 rings (SSSR count). The van der Waals surface area contributed by atoms with E-state index in [1.165, 1.54) is 5.56 Å². The largest absolute Gasteiger partial charge is 0.369 e. The molecular formula is C31H32N6OS. The number of benzene rings is 3. The summed E-state index contributed by atoms with van der Waals surface area (Å²) in [5, 5.41) is 10.0. The Balaban J connectivity index is 1.17. The molecule has 39 heavy (non-hydrogen) atoms. The lowest BCUT2D eigenvalue weighted by Gasteiger charge is -2.18. The highest BCUT2D eigenvalue weighted by Gasteiger charge is 2.51. The lowest BCUT2D eigenvalue weighted by molar-refractivity contribution is -0.123. The van der Waals surface area contributed by atoms with Crippen LogP contribution in [-0.4, -0.2) is 29.0 Å². The van der Waals surface area contributed by atoms with Gasteiger partial charge in [-0.1, -0.05) is 54.6 Å². The Labute approximate surface area is 233 Å². The van der Waals surface area contributed by atoms with Crippen LogP contribution < -0.4 is 20.7 Å². The molecule has 7 nitrogen and oxygen atoms in total. The van der Waals surface area contributed by atoms with Crippen molar-refractivity contribution in [2.24, 2.45) is 0 Å². The van der Waals surface area contributed by atoms with E-state index in [0.717, 1.165) is 71.0 Å². The maximum atomic E-state index is 13.2. The number of hydrogen-bond donors (Lipinski definition) is 4. The summed E-state index contributed by atoms with van der Waals surface area (Å²) in [6.07, 6.45) is 4.64. The number of fused-ring (bicyclic) bond motifs is 4. The van der Waals surface area contributed by atoms with Crippen LogP contribution in [0.5, 0.6) is 0 Å². The zero-order valence-electron chi connectivity index (χ0n) is 22.0. The molecule has 0 unspecified atom stereocenters. The molecule has 0 saturated heterocycles. The summed E-state index contributed by atoms with van der Waals surface area (Å²) < 4.78 is 3.42. The number of amides is 1. The molecule has 1 aromatic heterocycles. The molecule has 1 fully saturated rings. The van der Waals surface area contributed by atoms with Gasteiger partial charge >= 0.3 is 0 Å². The number of anilines is 3. The summed E-state index contributed by atoms with van der Waals surface area (Å²) >= 11 is 1.63. The molecular weight excluding hydrogens is 504 g/mol. The van der Waals surface area contributed by atoms with Crippen molar-refractivity contribution in [2.75, 3.05) is 23.7 Å². The van der Waals surface area contributed by atoms with E-state index in [4.69, 9.17) is 4.98 Å². The van der Waals surface area contributed by atoms with E-state index in [1.807, 2.05) is 30.5 Å². The molecule has 8 heteroatoms. The summed E-state index contributed by atoms with van der Waals surface area (Å²) in [6.45, 7) is 4.26. The summed E-state index contributed by atoms with van der Waals surface area (Å²) in [7, 11) is 0. The van der Waals surface area contributed by atoms with Gasteiger partial charge in [-0.3, -0.25) is 9.52 Å². The highest BCUT2D eigenvalue weighted by molar-refractivity contribution is 7.97. The van der Waals surface area contributed by atoms with Crippen molar-refractivity contribution in [2.45, 2.75) is 43.0 Å². The quantitative estimate of drug-likeness (QED) is 0.234. The van der Waals surface area contributed by atoms with Crippen LogP contribution in [0.25, 0.3) is 11.1 Å². The molecule has 2 heterocycles.